The summed E-state index contributed by atoms with van der Waals surface area (Å²) in [5.41, 5.74) is -1.17. The third-order valence-electron chi connectivity index (χ3n) is 3.17. The van der Waals surface area contributed by atoms with Crippen LogP contribution in [-0.2, 0) is 16.2 Å². The second-order valence-electron chi connectivity index (χ2n) is 4.56. The predicted molar refractivity (Wildman–Crippen MR) is 86.7 cm³/mol. The Bertz CT molecular complexity index is 606. The van der Waals surface area contributed by atoms with E-state index < -0.39 is 31.7 Å². The van der Waals surface area contributed by atoms with Crippen molar-refractivity contribution in [3.8, 4) is 0 Å². The zero-order valence-corrected chi connectivity index (χ0v) is 15.0. The summed E-state index contributed by atoms with van der Waals surface area (Å²) in [6.07, 6.45) is -4.70. The number of alkyl halides is 3. The number of benzene rings is 1. The van der Waals surface area contributed by atoms with Crippen LogP contribution in [0, 0.1) is 0 Å². The maximum absolute atomic E-state index is 12.8. The molecule has 0 atom stereocenters. The molecule has 23 heavy (non-hydrogen) atoms. The number of nitrogens with zero attached hydrogens (tertiary/aromatic N) is 1. The number of rotatable bonds is 7. The summed E-state index contributed by atoms with van der Waals surface area (Å²) >= 11 is 5.47. The minimum atomic E-state index is -4.70. The van der Waals surface area contributed by atoms with Crippen molar-refractivity contribution in [1.29, 1.82) is 0 Å². The molecule has 0 radical (unpaired) electrons. The topological polar surface area (TPSA) is 49.4 Å². The first-order valence-electron chi connectivity index (χ1n) is 6.70. The van der Waals surface area contributed by atoms with Gasteiger partial charge in [0.2, 0.25) is 10.0 Å². The van der Waals surface area contributed by atoms with Crippen LogP contribution in [-0.4, -0.2) is 39.5 Å². The van der Waals surface area contributed by atoms with Crippen LogP contribution in [0.15, 0.2) is 23.1 Å². The molecule has 0 amide bonds. The fourth-order valence-electron chi connectivity index (χ4n) is 1.85. The Morgan fingerprint density at radius 1 is 1.22 bits per heavy atom. The number of likely N-dealkylation sites (N-methyl/N-ethyl adjacent to an activating group) is 1. The van der Waals surface area contributed by atoms with E-state index in [1.807, 2.05) is 18.7 Å². The van der Waals surface area contributed by atoms with Gasteiger partial charge in [0.25, 0.3) is 0 Å². The molecule has 0 aliphatic carbocycles. The van der Waals surface area contributed by atoms with Gasteiger partial charge in [-0.25, -0.2) is 13.1 Å². The summed E-state index contributed by atoms with van der Waals surface area (Å²) in [5, 5.41) is -0.533. The average molecular weight is 395 g/mol. The lowest BCUT2D eigenvalue weighted by Crippen LogP contribution is -2.34. The van der Waals surface area contributed by atoms with Crippen molar-refractivity contribution in [2.24, 2.45) is 0 Å². The summed E-state index contributed by atoms with van der Waals surface area (Å²) in [5.74, 6) is 0. The molecule has 0 saturated carbocycles. The SMILES string of the molecule is CCN(CC)CCNS(=O)(=O)c1ccc(Cl)c(C(F)(F)F)c1.Cl. The number of nitrogens with one attached hydrogen (secondary N) is 1. The standard InChI is InChI=1S/C13H18ClF3N2O2S.ClH/c1-3-19(4-2)8-7-18-22(20,21)10-5-6-12(14)11(9-10)13(15,16)17;/h5-6,9,18H,3-4,7-8H2,1-2H3;1H. The third-order valence-corrected chi connectivity index (χ3v) is 4.96. The van der Waals surface area contributed by atoms with Gasteiger partial charge in [-0.3, -0.25) is 0 Å². The first-order chi connectivity index (χ1) is 10.1. The van der Waals surface area contributed by atoms with Gasteiger partial charge in [-0.1, -0.05) is 25.4 Å². The van der Waals surface area contributed by atoms with E-state index in [-0.39, 0.29) is 19.0 Å². The van der Waals surface area contributed by atoms with Crippen LogP contribution >= 0.6 is 24.0 Å². The highest BCUT2D eigenvalue weighted by Crippen LogP contribution is 2.35. The fraction of sp³-hybridized carbons (Fsp3) is 0.538. The van der Waals surface area contributed by atoms with E-state index in [0.29, 0.717) is 12.6 Å². The van der Waals surface area contributed by atoms with E-state index in [4.69, 9.17) is 11.6 Å². The van der Waals surface area contributed by atoms with Gasteiger partial charge >= 0.3 is 6.18 Å². The molecule has 1 aromatic rings. The molecule has 1 N–H and O–H groups in total. The van der Waals surface area contributed by atoms with Gasteiger partial charge in [0.05, 0.1) is 15.5 Å². The molecule has 0 aliphatic heterocycles. The predicted octanol–water partition coefficient (Wildman–Crippen LogP) is 3.40. The summed E-state index contributed by atoms with van der Waals surface area (Å²) in [6, 6.07) is 2.53. The number of hydrogen-bond acceptors (Lipinski definition) is 3. The van der Waals surface area contributed by atoms with Crippen molar-refractivity contribution in [2.75, 3.05) is 26.2 Å². The van der Waals surface area contributed by atoms with Gasteiger partial charge < -0.3 is 4.90 Å². The van der Waals surface area contributed by atoms with Crippen LogP contribution < -0.4 is 4.72 Å². The van der Waals surface area contributed by atoms with Crippen LogP contribution in [0.4, 0.5) is 13.2 Å². The van der Waals surface area contributed by atoms with Crippen molar-refractivity contribution in [3.63, 3.8) is 0 Å². The Balaban J connectivity index is 0.00000484. The monoisotopic (exact) mass is 394 g/mol. The zero-order chi connectivity index (χ0) is 17.0. The van der Waals surface area contributed by atoms with Crippen molar-refractivity contribution >= 4 is 34.0 Å². The van der Waals surface area contributed by atoms with E-state index in [9.17, 15) is 21.6 Å². The molecule has 134 valence electrons. The van der Waals surface area contributed by atoms with Gasteiger partial charge in [-0.15, -0.1) is 12.4 Å². The number of hydrogen-bond donors (Lipinski definition) is 1. The normalized spacial score (nSPS) is 12.3. The first-order valence-corrected chi connectivity index (χ1v) is 8.56. The van der Waals surface area contributed by atoms with E-state index >= 15 is 0 Å². The smallest absolute Gasteiger partial charge is 0.303 e. The third kappa shape index (κ3) is 6.46. The second-order valence-corrected chi connectivity index (χ2v) is 6.74. The zero-order valence-electron chi connectivity index (χ0n) is 12.7. The lowest BCUT2D eigenvalue weighted by Gasteiger charge is -2.18. The van der Waals surface area contributed by atoms with Crippen LogP contribution in [0.3, 0.4) is 0 Å². The Morgan fingerprint density at radius 2 is 1.78 bits per heavy atom. The molecule has 10 heteroatoms. The lowest BCUT2D eigenvalue weighted by molar-refractivity contribution is -0.137. The quantitative estimate of drug-likeness (QED) is 0.770. The van der Waals surface area contributed by atoms with Gasteiger partial charge in [-0.2, -0.15) is 13.2 Å². The average Bonchev–Trinajstić information content (AvgIpc) is 2.42. The summed E-state index contributed by atoms with van der Waals surface area (Å²) in [6.45, 7) is 5.99. The van der Waals surface area contributed by atoms with Crippen molar-refractivity contribution in [2.45, 2.75) is 24.9 Å². The molecule has 0 unspecified atom stereocenters. The van der Waals surface area contributed by atoms with Crippen LogP contribution in [0.2, 0.25) is 5.02 Å². The Morgan fingerprint density at radius 3 is 2.26 bits per heavy atom. The van der Waals surface area contributed by atoms with Crippen LogP contribution in [0.25, 0.3) is 0 Å². The number of sulfonamides is 1. The number of halogens is 5. The molecular formula is C13H19Cl2F3N2O2S. The Kier molecular flexibility index (Phi) is 8.86. The minimum absolute atomic E-state index is 0. The van der Waals surface area contributed by atoms with Crippen LogP contribution in [0.1, 0.15) is 19.4 Å². The van der Waals surface area contributed by atoms with Crippen molar-refractivity contribution in [3.05, 3.63) is 28.8 Å². The molecular weight excluding hydrogens is 376 g/mol. The fourth-order valence-corrected chi connectivity index (χ4v) is 3.12. The van der Waals surface area contributed by atoms with Gasteiger partial charge in [0, 0.05) is 13.1 Å². The lowest BCUT2D eigenvalue weighted by atomic mass is 10.2. The maximum Gasteiger partial charge on any atom is 0.417 e. The molecule has 0 saturated heterocycles. The summed E-state index contributed by atoms with van der Waals surface area (Å²) in [7, 11) is -4.01. The molecule has 0 fully saturated rings. The molecule has 0 spiro atoms. The largest absolute Gasteiger partial charge is 0.417 e. The molecule has 4 nitrogen and oxygen atoms in total. The minimum Gasteiger partial charge on any atom is -0.303 e. The van der Waals surface area contributed by atoms with E-state index in [0.717, 1.165) is 25.2 Å². The second kappa shape index (κ2) is 9.08. The maximum atomic E-state index is 12.8. The van der Waals surface area contributed by atoms with E-state index in [1.165, 1.54) is 0 Å². The van der Waals surface area contributed by atoms with Gasteiger partial charge in [0.1, 0.15) is 0 Å². The highest BCUT2D eigenvalue weighted by molar-refractivity contribution is 7.89. The van der Waals surface area contributed by atoms with E-state index in [2.05, 4.69) is 4.72 Å². The Labute approximate surface area is 145 Å². The molecule has 0 aliphatic rings. The molecule has 1 rings (SSSR count). The molecule has 1 aromatic carbocycles. The summed E-state index contributed by atoms with van der Waals surface area (Å²) in [4.78, 5) is 1.54. The van der Waals surface area contributed by atoms with Crippen molar-refractivity contribution in [1.82, 2.24) is 9.62 Å². The van der Waals surface area contributed by atoms with Crippen molar-refractivity contribution < 1.29 is 21.6 Å². The highest BCUT2D eigenvalue weighted by atomic mass is 35.5. The van der Waals surface area contributed by atoms with E-state index in [1.54, 1.807) is 0 Å². The van der Waals surface area contributed by atoms with Crippen LogP contribution in [0.5, 0.6) is 0 Å². The molecule has 0 aromatic heterocycles. The summed E-state index contributed by atoms with van der Waals surface area (Å²) < 4.78 is 64.7. The Hall–Kier alpha value is -0.540. The molecule has 0 bridgehead atoms. The highest BCUT2D eigenvalue weighted by Gasteiger charge is 2.34. The van der Waals surface area contributed by atoms with Gasteiger partial charge in [0.15, 0.2) is 0 Å². The first kappa shape index (κ1) is 22.5. The van der Waals surface area contributed by atoms with Gasteiger partial charge in [-0.05, 0) is 31.3 Å². The molecule has 0 heterocycles.